The van der Waals surface area contributed by atoms with Crippen LogP contribution in [-0.4, -0.2) is 47.1 Å². The number of anilines is 1. The Morgan fingerprint density at radius 3 is 2.83 bits per heavy atom. The third kappa shape index (κ3) is 3.77. The predicted molar refractivity (Wildman–Crippen MR) is 90.2 cm³/mol. The minimum Gasteiger partial charge on any atom is -0.377 e. The Morgan fingerprint density at radius 1 is 1.29 bits per heavy atom. The van der Waals surface area contributed by atoms with E-state index in [-0.39, 0.29) is 16.8 Å². The molecule has 8 heteroatoms. The SMILES string of the molecule is COCc1nnc(C(=O)Nc2cccc(C(=O)N3CCCC3)c2)s1. The van der Waals surface area contributed by atoms with Crippen LogP contribution in [0.5, 0.6) is 0 Å². The maximum absolute atomic E-state index is 12.4. The number of aromatic nitrogens is 2. The molecular weight excluding hydrogens is 328 g/mol. The van der Waals surface area contributed by atoms with E-state index in [4.69, 9.17) is 4.74 Å². The van der Waals surface area contributed by atoms with Crippen LogP contribution in [0.1, 0.15) is 38.0 Å². The first-order valence-electron chi connectivity index (χ1n) is 7.69. The highest BCUT2D eigenvalue weighted by Gasteiger charge is 2.20. The topological polar surface area (TPSA) is 84.4 Å². The van der Waals surface area contributed by atoms with Crippen LogP contribution in [0.3, 0.4) is 0 Å². The van der Waals surface area contributed by atoms with E-state index < -0.39 is 0 Å². The van der Waals surface area contributed by atoms with Crippen LogP contribution >= 0.6 is 11.3 Å². The average molecular weight is 346 g/mol. The molecular formula is C16H18N4O3S. The number of hydrogen-bond acceptors (Lipinski definition) is 6. The van der Waals surface area contributed by atoms with E-state index in [2.05, 4.69) is 15.5 Å². The number of nitrogens with zero attached hydrogens (tertiary/aromatic N) is 3. The Hall–Kier alpha value is -2.32. The summed E-state index contributed by atoms with van der Waals surface area (Å²) in [5.41, 5.74) is 1.14. The molecule has 0 aliphatic carbocycles. The highest BCUT2D eigenvalue weighted by atomic mass is 32.1. The quantitative estimate of drug-likeness (QED) is 0.897. The second-order valence-corrected chi connectivity index (χ2v) is 6.53. The Morgan fingerprint density at radius 2 is 2.08 bits per heavy atom. The molecule has 126 valence electrons. The van der Waals surface area contributed by atoms with Gasteiger partial charge >= 0.3 is 0 Å². The van der Waals surface area contributed by atoms with Crippen molar-refractivity contribution in [3.63, 3.8) is 0 Å². The molecule has 0 bridgehead atoms. The molecule has 3 rings (SSSR count). The van der Waals surface area contributed by atoms with Crippen LogP contribution in [0, 0.1) is 0 Å². The Labute approximate surface area is 143 Å². The molecule has 1 aromatic heterocycles. The third-order valence-electron chi connectivity index (χ3n) is 3.69. The first kappa shape index (κ1) is 16.5. The molecule has 1 aliphatic heterocycles. The van der Waals surface area contributed by atoms with Gasteiger partial charge in [-0.15, -0.1) is 10.2 Å². The minimum absolute atomic E-state index is 0.00175. The van der Waals surface area contributed by atoms with Gasteiger partial charge in [0.2, 0.25) is 5.01 Å². The van der Waals surface area contributed by atoms with Crippen LogP contribution in [0.15, 0.2) is 24.3 Å². The number of ether oxygens (including phenoxy) is 1. The number of amides is 2. The normalized spacial score (nSPS) is 14.0. The zero-order valence-electron chi connectivity index (χ0n) is 13.3. The van der Waals surface area contributed by atoms with E-state index in [1.165, 1.54) is 11.3 Å². The number of benzene rings is 1. The van der Waals surface area contributed by atoms with E-state index in [0.717, 1.165) is 25.9 Å². The van der Waals surface area contributed by atoms with Crippen molar-refractivity contribution < 1.29 is 14.3 Å². The average Bonchev–Trinajstić information content (AvgIpc) is 3.26. The number of nitrogens with one attached hydrogen (secondary N) is 1. The fraction of sp³-hybridized carbons (Fsp3) is 0.375. The summed E-state index contributed by atoms with van der Waals surface area (Å²) in [5.74, 6) is -0.345. The van der Waals surface area contributed by atoms with Crippen LogP contribution in [0.4, 0.5) is 5.69 Å². The van der Waals surface area contributed by atoms with Crippen molar-refractivity contribution in [1.82, 2.24) is 15.1 Å². The molecule has 0 spiro atoms. The van der Waals surface area contributed by atoms with Gasteiger partial charge in [-0.25, -0.2) is 0 Å². The highest BCUT2D eigenvalue weighted by Crippen LogP contribution is 2.18. The molecule has 1 aromatic carbocycles. The lowest BCUT2D eigenvalue weighted by molar-refractivity contribution is 0.0792. The summed E-state index contributed by atoms with van der Waals surface area (Å²) in [6.07, 6.45) is 2.09. The second kappa shape index (κ2) is 7.50. The number of hydrogen-bond donors (Lipinski definition) is 1. The summed E-state index contributed by atoms with van der Waals surface area (Å²) in [6, 6.07) is 6.96. The van der Waals surface area contributed by atoms with Crippen molar-refractivity contribution in [2.24, 2.45) is 0 Å². The number of carbonyl (C=O) groups excluding carboxylic acids is 2. The smallest absolute Gasteiger partial charge is 0.286 e. The van der Waals surface area contributed by atoms with Crippen LogP contribution in [0.2, 0.25) is 0 Å². The minimum atomic E-state index is -0.347. The van der Waals surface area contributed by atoms with Crippen LogP contribution < -0.4 is 5.32 Å². The van der Waals surface area contributed by atoms with Gasteiger partial charge in [0, 0.05) is 31.5 Å². The summed E-state index contributed by atoms with van der Waals surface area (Å²) in [7, 11) is 1.56. The van der Waals surface area contributed by atoms with Crippen molar-refractivity contribution in [1.29, 1.82) is 0 Å². The van der Waals surface area contributed by atoms with E-state index in [0.29, 0.717) is 22.9 Å². The standard InChI is InChI=1S/C16H18N4O3S/c1-23-10-13-18-19-15(24-13)14(21)17-12-6-4-5-11(9-12)16(22)20-7-2-3-8-20/h4-6,9H,2-3,7-8,10H2,1H3,(H,17,21). The lowest BCUT2D eigenvalue weighted by Gasteiger charge is -2.15. The summed E-state index contributed by atoms with van der Waals surface area (Å²) in [5, 5.41) is 11.4. The van der Waals surface area contributed by atoms with Crippen molar-refractivity contribution >= 4 is 28.8 Å². The first-order chi connectivity index (χ1) is 11.7. The molecule has 2 heterocycles. The summed E-state index contributed by atoms with van der Waals surface area (Å²) >= 11 is 1.18. The molecule has 2 aromatic rings. The van der Waals surface area contributed by atoms with Crippen molar-refractivity contribution in [2.45, 2.75) is 19.4 Å². The summed E-state index contributed by atoms with van der Waals surface area (Å²) in [6.45, 7) is 1.91. The van der Waals surface area contributed by atoms with Gasteiger partial charge in [-0.05, 0) is 31.0 Å². The molecule has 1 aliphatic rings. The van der Waals surface area contributed by atoms with Gasteiger partial charge in [0.25, 0.3) is 11.8 Å². The molecule has 24 heavy (non-hydrogen) atoms. The van der Waals surface area contributed by atoms with Gasteiger partial charge in [0.15, 0.2) is 0 Å². The molecule has 1 saturated heterocycles. The monoisotopic (exact) mass is 346 g/mol. The third-order valence-corrected chi connectivity index (χ3v) is 4.59. The Bertz CT molecular complexity index is 740. The van der Waals surface area contributed by atoms with Gasteiger partial charge in [0.05, 0.1) is 6.61 Å². The van der Waals surface area contributed by atoms with Crippen molar-refractivity contribution in [3.8, 4) is 0 Å². The van der Waals surface area contributed by atoms with Gasteiger partial charge in [-0.1, -0.05) is 17.4 Å². The zero-order valence-corrected chi connectivity index (χ0v) is 14.1. The molecule has 0 unspecified atom stereocenters. The number of carbonyl (C=O) groups is 2. The van der Waals surface area contributed by atoms with Gasteiger partial charge in [0.1, 0.15) is 5.01 Å². The maximum Gasteiger partial charge on any atom is 0.286 e. The van der Waals surface area contributed by atoms with E-state index >= 15 is 0 Å². The summed E-state index contributed by atoms with van der Waals surface area (Å²) in [4.78, 5) is 26.5. The zero-order chi connectivity index (χ0) is 16.9. The molecule has 1 N–H and O–H groups in total. The van der Waals surface area contributed by atoms with Gasteiger partial charge < -0.3 is 15.0 Å². The Balaban J connectivity index is 1.69. The largest absolute Gasteiger partial charge is 0.377 e. The first-order valence-corrected chi connectivity index (χ1v) is 8.51. The Kier molecular flexibility index (Phi) is 5.17. The fourth-order valence-corrected chi connectivity index (χ4v) is 3.25. The summed E-state index contributed by atoms with van der Waals surface area (Å²) < 4.78 is 4.96. The van der Waals surface area contributed by atoms with Crippen molar-refractivity contribution in [2.75, 3.05) is 25.5 Å². The lowest BCUT2D eigenvalue weighted by atomic mass is 10.1. The number of methoxy groups -OCH3 is 1. The lowest BCUT2D eigenvalue weighted by Crippen LogP contribution is -2.27. The molecule has 0 atom stereocenters. The van der Waals surface area contributed by atoms with Crippen LogP contribution in [0.25, 0.3) is 0 Å². The molecule has 7 nitrogen and oxygen atoms in total. The fourth-order valence-electron chi connectivity index (χ4n) is 2.54. The highest BCUT2D eigenvalue weighted by molar-refractivity contribution is 7.13. The molecule has 1 fully saturated rings. The number of likely N-dealkylation sites (tertiary alicyclic amines) is 1. The van der Waals surface area contributed by atoms with Gasteiger partial charge in [-0.2, -0.15) is 0 Å². The van der Waals surface area contributed by atoms with E-state index in [9.17, 15) is 9.59 Å². The van der Waals surface area contributed by atoms with E-state index in [1.807, 2.05) is 4.90 Å². The molecule has 2 amide bonds. The number of rotatable bonds is 5. The molecule has 0 saturated carbocycles. The van der Waals surface area contributed by atoms with Crippen LogP contribution in [-0.2, 0) is 11.3 Å². The van der Waals surface area contributed by atoms with Crippen molar-refractivity contribution in [3.05, 3.63) is 39.8 Å². The second-order valence-electron chi connectivity index (χ2n) is 5.47. The van der Waals surface area contributed by atoms with Gasteiger partial charge in [-0.3, -0.25) is 9.59 Å². The predicted octanol–water partition coefficient (Wildman–Crippen LogP) is 2.17. The molecule has 0 radical (unpaired) electrons. The van der Waals surface area contributed by atoms with E-state index in [1.54, 1.807) is 31.4 Å². The maximum atomic E-state index is 12.4.